The van der Waals surface area contributed by atoms with Crippen LogP contribution in [0.5, 0.6) is 5.75 Å². The molecule has 1 aliphatic heterocycles. The summed E-state index contributed by atoms with van der Waals surface area (Å²) in [6, 6.07) is 14.6. The molecule has 1 aliphatic rings. The highest BCUT2D eigenvalue weighted by Crippen LogP contribution is 2.18. The number of rotatable bonds is 8. The van der Waals surface area contributed by atoms with Gasteiger partial charge in [-0.1, -0.05) is 12.1 Å². The summed E-state index contributed by atoms with van der Waals surface area (Å²) in [4.78, 5) is 16.7. The molecule has 1 heterocycles. The molecule has 2 aromatic rings. The van der Waals surface area contributed by atoms with Gasteiger partial charge < -0.3 is 14.5 Å². The van der Waals surface area contributed by atoms with Crippen LogP contribution in [-0.2, 0) is 14.8 Å². The number of hydrogen-bond donors (Lipinski definition) is 1. The molecule has 1 saturated heterocycles. The Morgan fingerprint density at radius 3 is 2.40 bits per heavy atom. The number of aryl methyl sites for hydroxylation is 1. The normalized spacial score (nSPS) is 14.6. The lowest BCUT2D eigenvalue weighted by atomic mass is 10.2. The second-order valence-electron chi connectivity index (χ2n) is 7.26. The van der Waals surface area contributed by atoms with Crippen molar-refractivity contribution in [2.24, 2.45) is 0 Å². The van der Waals surface area contributed by atoms with Crippen LogP contribution in [0, 0.1) is 6.92 Å². The maximum Gasteiger partial charge on any atom is 0.240 e. The molecule has 0 bridgehead atoms. The third-order valence-corrected chi connectivity index (χ3v) is 6.55. The molecule has 1 fully saturated rings. The lowest BCUT2D eigenvalue weighted by molar-refractivity contribution is -0.131. The van der Waals surface area contributed by atoms with Crippen LogP contribution in [0.15, 0.2) is 53.4 Å². The van der Waals surface area contributed by atoms with Crippen molar-refractivity contribution in [3.05, 3.63) is 54.1 Å². The van der Waals surface area contributed by atoms with E-state index in [4.69, 9.17) is 4.74 Å². The Kier molecular flexibility index (Phi) is 7.33. The van der Waals surface area contributed by atoms with Gasteiger partial charge in [-0.15, -0.1) is 0 Å². The molecule has 1 N–H and O–H groups in total. The second-order valence-corrected chi connectivity index (χ2v) is 9.03. The highest BCUT2D eigenvalue weighted by atomic mass is 32.2. The first-order chi connectivity index (χ1) is 14.4. The number of ether oxygens (including phenoxy) is 1. The van der Waals surface area contributed by atoms with E-state index >= 15 is 0 Å². The van der Waals surface area contributed by atoms with Crippen molar-refractivity contribution in [3.63, 3.8) is 0 Å². The van der Waals surface area contributed by atoms with Crippen molar-refractivity contribution in [1.29, 1.82) is 0 Å². The molecule has 0 unspecified atom stereocenters. The number of piperazine rings is 1. The minimum Gasteiger partial charge on any atom is -0.494 e. The zero-order chi connectivity index (χ0) is 21.6. The van der Waals surface area contributed by atoms with E-state index in [0.717, 1.165) is 13.1 Å². The zero-order valence-electron chi connectivity index (χ0n) is 17.5. The van der Waals surface area contributed by atoms with Gasteiger partial charge in [0.1, 0.15) is 5.75 Å². The van der Waals surface area contributed by atoms with Crippen molar-refractivity contribution in [2.75, 3.05) is 44.2 Å². The standard InChI is InChI=1S/C22H29N3O4S/c1-3-29-20-7-9-21(10-8-20)30(27,28)23-12-11-22(26)25-15-13-24(14-16-25)19-6-4-5-18(2)17-19/h4-10,17,23H,3,11-16H2,1-2H3. The molecule has 2 aromatic carbocycles. The molecule has 0 spiro atoms. The van der Waals surface area contributed by atoms with Gasteiger partial charge in [0.25, 0.3) is 0 Å². The number of carbonyl (C=O) groups excluding carboxylic acids is 1. The average molecular weight is 432 g/mol. The lowest BCUT2D eigenvalue weighted by Crippen LogP contribution is -2.49. The number of nitrogens with one attached hydrogen (secondary N) is 1. The number of nitrogens with zero attached hydrogens (tertiary/aromatic N) is 2. The Balaban J connectivity index is 1.45. The Labute approximate surface area is 178 Å². The molecule has 30 heavy (non-hydrogen) atoms. The minimum atomic E-state index is -3.65. The number of benzene rings is 2. The van der Waals surface area contributed by atoms with Crippen LogP contribution in [0.2, 0.25) is 0 Å². The Bertz CT molecular complexity index is 953. The van der Waals surface area contributed by atoms with E-state index in [0.29, 0.717) is 25.4 Å². The van der Waals surface area contributed by atoms with Crippen molar-refractivity contribution in [3.8, 4) is 5.75 Å². The second kappa shape index (κ2) is 9.95. The van der Waals surface area contributed by atoms with E-state index in [-0.39, 0.29) is 23.8 Å². The van der Waals surface area contributed by atoms with Crippen LogP contribution in [0.4, 0.5) is 5.69 Å². The first-order valence-corrected chi connectivity index (χ1v) is 11.7. The van der Waals surface area contributed by atoms with E-state index in [1.165, 1.54) is 23.4 Å². The summed E-state index contributed by atoms with van der Waals surface area (Å²) in [6.07, 6.45) is 0.140. The van der Waals surface area contributed by atoms with Crippen molar-refractivity contribution in [2.45, 2.75) is 25.2 Å². The quantitative estimate of drug-likeness (QED) is 0.694. The summed E-state index contributed by atoms with van der Waals surface area (Å²) >= 11 is 0. The number of amides is 1. The highest BCUT2D eigenvalue weighted by molar-refractivity contribution is 7.89. The number of hydrogen-bond acceptors (Lipinski definition) is 5. The summed E-state index contributed by atoms with van der Waals surface area (Å²) in [6.45, 7) is 7.35. The maximum absolute atomic E-state index is 12.5. The third kappa shape index (κ3) is 5.73. The molecule has 7 nitrogen and oxygen atoms in total. The Morgan fingerprint density at radius 2 is 1.77 bits per heavy atom. The summed E-state index contributed by atoms with van der Waals surface area (Å²) in [5.74, 6) is 0.588. The Hall–Kier alpha value is -2.58. The summed E-state index contributed by atoms with van der Waals surface area (Å²) < 4.78 is 32.6. The molecule has 0 aliphatic carbocycles. The van der Waals surface area contributed by atoms with Crippen LogP contribution in [0.3, 0.4) is 0 Å². The molecule has 0 radical (unpaired) electrons. The smallest absolute Gasteiger partial charge is 0.240 e. The van der Waals surface area contributed by atoms with Crippen LogP contribution in [-0.4, -0.2) is 58.6 Å². The van der Waals surface area contributed by atoms with Gasteiger partial charge >= 0.3 is 0 Å². The van der Waals surface area contributed by atoms with Gasteiger partial charge in [0.15, 0.2) is 0 Å². The molecule has 0 saturated carbocycles. The third-order valence-electron chi connectivity index (χ3n) is 5.08. The molecule has 162 valence electrons. The van der Waals surface area contributed by atoms with E-state index in [9.17, 15) is 13.2 Å². The first-order valence-electron chi connectivity index (χ1n) is 10.2. The fraction of sp³-hybridized carbons (Fsp3) is 0.409. The van der Waals surface area contributed by atoms with E-state index in [1.807, 2.05) is 13.0 Å². The lowest BCUT2D eigenvalue weighted by Gasteiger charge is -2.36. The largest absolute Gasteiger partial charge is 0.494 e. The maximum atomic E-state index is 12.5. The molecular formula is C22H29N3O4S. The summed E-state index contributed by atoms with van der Waals surface area (Å²) in [5, 5.41) is 0. The number of anilines is 1. The monoisotopic (exact) mass is 431 g/mol. The van der Waals surface area contributed by atoms with Crippen LogP contribution in [0.25, 0.3) is 0 Å². The predicted molar refractivity (Wildman–Crippen MR) is 117 cm³/mol. The molecular weight excluding hydrogens is 402 g/mol. The fourth-order valence-corrected chi connectivity index (χ4v) is 4.49. The molecule has 0 atom stereocenters. The fourth-order valence-electron chi connectivity index (χ4n) is 3.45. The summed E-state index contributed by atoms with van der Waals surface area (Å²) in [5.41, 5.74) is 2.39. The SMILES string of the molecule is CCOc1ccc(S(=O)(=O)NCCC(=O)N2CCN(c3cccc(C)c3)CC2)cc1. The van der Waals surface area contributed by atoms with Crippen molar-refractivity contribution in [1.82, 2.24) is 9.62 Å². The zero-order valence-corrected chi connectivity index (χ0v) is 18.3. The van der Waals surface area contributed by atoms with Gasteiger partial charge in [-0.25, -0.2) is 13.1 Å². The molecule has 3 rings (SSSR count). The van der Waals surface area contributed by atoms with Crippen LogP contribution >= 0.6 is 0 Å². The number of sulfonamides is 1. The Morgan fingerprint density at radius 1 is 1.07 bits per heavy atom. The van der Waals surface area contributed by atoms with Crippen molar-refractivity contribution < 1.29 is 17.9 Å². The van der Waals surface area contributed by atoms with Gasteiger partial charge in [-0.05, 0) is 55.8 Å². The summed E-state index contributed by atoms with van der Waals surface area (Å²) in [7, 11) is -3.65. The number of carbonyl (C=O) groups is 1. The highest BCUT2D eigenvalue weighted by Gasteiger charge is 2.22. The molecule has 8 heteroatoms. The van der Waals surface area contributed by atoms with Crippen LogP contribution < -0.4 is 14.4 Å². The van der Waals surface area contributed by atoms with E-state index < -0.39 is 10.0 Å². The van der Waals surface area contributed by atoms with E-state index in [2.05, 4.69) is 34.7 Å². The van der Waals surface area contributed by atoms with Crippen molar-refractivity contribution >= 4 is 21.6 Å². The van der Waals surface area contributed by atoms with Crippen LogP contribution in [0.1, 0.15) is 18.9 Å². The van der Waals surface area contributed by atoms with Gasteiger partial charge in [0.2, 0.25) is 15.9 Å². The van der Waals surface area contributed by atoms with Gasteiger partial charge in [0, 0.05) is 44.8 Å². The van der Waals surface area contributed by atoms with Gasteiger partial charge in [-0.2, -0.15) is 0 Å². The topological polar surface area (TPSA) is 78.9 Å². The predicted octanol–water partition coefficient (Wildman–Crippen LogP) is 2.41. The van der Waals surface area contributed by atoms with Gasteiger partial charge in [-0.3, -0.25) is 4.79 Å². The van der Waals surface area contributed by atoms with Gasteiger partial charge in [0.05, 0.1) is 11.5 Å². The average Bonchev–Trinajstić information content (AvgIpc) is 2.74. The minimum absolute atomic E-state index is 0.0340. The molecule has 1 amide bonds. The molecule has 0 aromatic heterocycles. The van der Waals surface area contributed by atoms with E-state index in [1.54, 1.807) is 17.0 Å². The first kappa shape index (κ1) is 22.1.